The molecule has 0 fully saturated rings. The Bertz CT molecular complexity index is 560. The van der Waals surface area contributed by atoms with Crippen LogP contribution in [0.1, 0.15) is 43.9 Å². The monoisotopic (exact) mass is 293 g/mol. The summed E-state index contributed by atoms with van der Waals surface area (Å²) in [5, 5.41) is 7.62. The highest BCUT2D eigenvalue weighted by atomic mass is 19.1. The van der Waals surface area contributed by atoms with Crippen molar-refractivity contribution in [2.75, 3.05) is 6.54 Å². The summed E-state index contributed by atoms with van der Waals surface area (Å²) in [5.41, 5.74) is 1.50. The third-order valence-corrected chi connectivity index (χ3v) is 3.26. The van der Waals surface area contributed by atoms with Crippen molar-refractivity contribution < 1.29 is 8.78 Å². The number of rotatable bonds is 7. The largest absolute Gasteiger partial charge is 0.306 e. The van der Waals surface area contributed by atoms with Crippen LogP contribution in [0, 0.1) is 11.6 Å². The van der Waals surface area contributed by atoms with Crippen molar-refractivity contribution in [3.8, 4) is 0 Å². The summed E-state index contributed by atoms with van der Waals surface area (Å²) >= 11 is 0. The SMILES string of the molecule is CCCNC(c1cc(F)cc(F)c1)c1cnn(CCC)c1. The van der Waals surface area contributed by atoms with Gasteiger partial charge in [-0.15, -0.1) is 0 Å². The van der Waals surface area contributed by atoms with Crippen molar-refractivity contribution in [2.24, 2.45) is 0 Å². The van der Waals surface area contributed by atoms with Gasteiger partial charge in [0.15, 0.2) is 0 Å². The van der Waals surface area contributed by atoms with Gasteiger partial charge >= 0.3 is 0 Å². The van der Waals surface area contributed by atoms with Crippen LogP contribution >= 0.6 is 0 Å². The van der Waals surface area contributed by atoms with Crippen molar-refractivity contribution in [3.63, 3.8) is 0 Å². The van der Waals surface area contributed by atoms with E-state index in [0.717, 1.165) is 37.6 Å². The fraction of sp³-hybridized carbons (Fsp3) is 0.438. The quantitative estimate of drug-likeness (QED) is 0.844. The molecule has 2 aromatic rings. The number of aryl methyl sites for hydroxylation is 1. The summed E-state index contributed by atoms with van der Waals surface area (Å²) in [6, 6.07) is 3.38. The molecular weight excluding hydrogens is 272 g/mol. The van der Waals surface area contributed by atoms with Crippen molar-refractivity contribution in [1.82, 2.24) is 15.1 Å². The van der Waals surface area contributed by atoms with E-state index in [4.69, 9.17) is 0 Å². The van der Waals surface area contributed by atoms with Gasteiger partial charge in [0.05, 0.1) is 12.2 Å². The van der Waals surface area contributed by atoms with Crippen molar-refractivity contribution in [2.45, 2.75) is 39.3 Å². The summed E-state index contributed by atoms with van der Waals surface area (Å²) in [4.78, 5) is 0. The average Bonchev–Trinajstić information content (AvgIpc) is 2.87. The molecule has 5 heteroatoms. The van der Waals surface area contributed by atoms with Gasteiger partial charge in [0.1, 0.15) is 11.6 Å². The van der Waals surface area contributed by atoms with E-state index < -0.39 is 11.6 Å². The Labute approximate surface area is 124 Å². The summed E-state index contributed by atoms with van der Waals surface area (Å²) in [6.07, 6.45) is 5.62. The number of halogens is 2. The Kier molecular flexibility index (Phi) is 5.44. The van der Waals surface area contributed by atoms with E-state index in [1.54, 1.807) is 6.20 Å². The lowest BCUT2D eigenvalue weighted by atomic mass is 10.0. The third kappa shape index (κ3) is 4.11. The molecule has 114 valence electrons. The molecule has 0 aliphatic carbocycles. The number of benzene rings is 1. The van der Waals surface area contributed by atoms with Crippen LogP contribution in [0.2, 0.25) is 0 Å². The van der Waals surface area contributed by atoms with Gasteiger partial charge in [0.2, 0.25) is 0 Å². The highest BCUT2D eigenvalue weighted by Gasteiger charge is 2.17. The molecule has 1 aromatic heterocycles. The Morgan fingerprint density at radius 2 is 1.81 bits per heavy atom. The first-order chi connectivity index (χ1) is 10.1. The van der Waals surface area contributed by atoms with Gasteiger partial charge < -0.3 is 5.32 Å². The zero-order valence-corrected chi connectivity index (χ0v) is 12.4. The van der Waals surface area contributed by atoms with Crippen LogP contribution < -0.4 is 5.32 Å². The average molecular weight is 293 g/mol. The molecule has 3 nitrogen and oxygen atoms in total. The highest BCUT2D eigenvalue weighted by molar-refractivity contribution is 5.30. The van der Waals surface area contributed by atoms with E-state index in [9.17, 15) is 8.78 Å². The van der Waals surface area contributed by atoms with Crippen molar-refractivity contribution >= 4 is 0 Å². The fourth-order valence-corrected chi connectivity index (χ4v) is 2.34. The first-order valence-corrected chi connectivity index (χ1v) is 7.35. The fourth-order valence-electron chi connectivity index (χ4n) is 2.34. The van der Waals surface area contributed by atoms with Gasteiger partial charge in [0, 0.05) is 24.4 Å². The number of aromatic nitrogens is 2. The molecule has 21 heavy (non-hydrogen) atoms. The maximum Gasteiger partial charge on any atom is 0.126 e. The first-order valence-electron chi connectivity index (χ1n) is 7.35. The van der Waals surface area contributed by atoms with Crippen LogP contribution in [0.5, 0.6) is 0 Å². The second-order valence-corrected chi connectivity index (χ2v) is 5.13. The minimum atomic E-state index is -0.561. The zero-order valence-electron chi connectivity index (χ0n) is 12.4. The third-order valence-electron chi connectivity index (χ3n) is 3.26. The maximum absolute atomic E-state index is 13.5. The number of hydrogen-bond acceptors (Lipinski definition) is 2. The number of nitrogens with zero attached hydrogens (tertiary/aromatic N) is 2. The topological polar surface area (TPSA) is 29.9 Å². The number of nitrogens with one attached hydrogen (secondary N) is 1. The van der Waals surface area contributed by atoms with Gasteiger partial charge in [-0.1, -0.05) is 13.8 Å². The lowest BCUT2D eigenvalue weighted by Crippen LogP contribution is -2.23. The zero-order chi connectivity index (χ0) is 15.2. The molecule has 1 N–H and O–H groups in total. The summed E-state index contributed by atoms with van der Waals surface area (Å²) < 4.78 is 28.8. The standard InChI is InChI=1S/C16H21F2N3/c1-3-5-19-16(12-7-14(17)9-15(18)8-12)13-10-20-21(11-13)6-4-2/h7-11,16,19H,3-6H2,1-2H3. The molecule has 1 aromatic carbocycles. The highest BCUT2D eigenvalue weighted by Crippen LogP contribution is 2.23. The van der Waals surface area contributed by atoms with E-state index in [-0.39, 0.29) is 6.04 Å². The minimum Gasteiger partial charge on any atom is -0.306 e. The molecule has 0 aliphatic heterocycles. The van der Waals surface area contributed by atoms with Gasteiger partial charge in [-0.2, -0.15) is 5.10 Å². The maximum atomic E-state index is 13.5. The van der Waals surface area contributed by atoms with E-state index in [1.165, 1.54) is 12.1 Å². The van der Waals surface area contributed by atoms with E-state index >= 15 is 0 Å². The molecule has 0 bridgehead atoms. The van der Waals surface area contributed by atoms with Crippen molar-refractivity contribution in [3.05, 3.63) is 53.4 Å². The van der Waals surface area contributed by atoms with Gasteiger partial charge in [-0.25, -0.2) is 8.78 Å². The molecular formula is C16H21F2N3. The van der Waals surface area contributed by atoms with Gasteiger partial charge in [-0.3, -0.25) is 4.68 Å². The Balaban J connectivity index is 2.31. The predicted octanol–water partition coefficient (Wildman–Crippen LogP) is 3.66. The van der Waals surface area contributed by atoms with Crippen LogP contribution in [-0.4, -0.2) is 16.3 Å². The molecule has 1 heterocycles. The molecule has 0 amide bonds. The van der Waals surface area contributed by atoms with Crippen LogP contribution in [-0.2, 0) is 6.54 Å². The Morgan fingerprint density at radius 3 is 2.43 bits per heavy atom. The molecule has 0 saturated carbocycles. The van der Waals surface area contributed by atoms with Crippen LogP contribution in [0.15, 0.2) is 30.6 Å². The molecule has 0 radical (unpaired) electrons. The van der Waals surface area contributed by atoms with Gasteiger partial charge in [0.25, 0.3) is 0 Å². The summed E-state index contributed by atoms with van der Waals surface area (Å²) in [7, 11) is 0. The minimum absolute atomic E-state index is 0.249. The van der Waals surface area contributed by atoms with E-state index in [1.807, 2.05) is 10.9 Å². The summed E-state index contributed by atoms with van der Waals surface area (Å²) in [5.74, 6) is -1.12. The molecule has 0 spiro atoms. The molecule has 0 saturated heterocycles. The first kappa shape index (κ1) is 15.6. The lowest BCUT2D eigenvalue weighted by Gasteiger charge is -2.18. The molecule has 2 rings (SSSR count). The van der Waals surface area contributed by atoms with Crippen LogP contribution in [0.4, 0.5) is 8.78 Å². The van der Waals surface area contributed by atoms with E-state index in [0.29, 0.717) is 5.56 Å². The molecule has 1 unspecified atom stereocenters. The molecule has 1 atom stereocenters. The van der Waals surface area contributed by atoms with Crippen LogP contribution in [0.25, 0.3) is 0 Å². The Morgan fingerprint density at radius 1 is 1.10 bits per heavy atom. The Hall–Kier alpha value is -1.75. The number of hydrogen-bond donors (Lipinski definition) is 1. The lowest BCUT2D eigenvalue weighted by molar-refractivity contribution is 0.557. The second kappa shape index (κ2) is 7.31. The summed E-state index contributed by atoms with van der Waals surface area (Å²) in [6.45, 7) is 5.73. The van der Waals surface area contributed by atoms with Gasteiger partial charge in [-0.05, 0) is 37.1 Å². The molecule has 0 aliphatic rings. The smallest absolute Gasteiger partial charge is 0.126 e. The van der Waals surface area contributed by atoms with Crippen molar-refractivity contribution in [1.29, 1.82) is 0 Å². The van der Waals surface area contributed by atoms with Crippen LogP contribution in [0.3, 0.4) is 0 Å². The van der Waals surface area contributed by atoms with E-state index in [2.05, 4.69) is 24.3 Å². The second-order valence-electron chi connectivity index (χ2n) is 5.13. The predicted molar refractivity (Wildman–Crippen MR) is 79.0 cm³/mol. The normalized spacial score (nSPS) is 12.6.